The van der Waals surface area contributed by atoms with Crippen molar-refractivity contribution in [2.75, 3.05) is 13.6 Å². The van der Waals surface area contributed by atoms with Gasteiger partial charge in [0.25, 0.3) is 0 Å². The molecule has 0 bridgehead atoms. The summed E-state index contributed by atoms with van der Waals surface area (Å²) in [6.45, 7) is 0.499. The van der Waals surface area contributed by atoms with Gasteiger partial charge in [0.05, 0.1) is 11.6 Å². The highest BCUT2D eigenvalue weighted by molar-refractivity contribution is 7.89. The number of hydrogen-bond acceptors (Lipinski definition) is 3. The Morgan fingerprint density at radius 3 is 2.62 bits per heavy atom. The summed E-state index contributed by atoms with van der Waals surface area (Å²) in [6, 6.07) is 3.48. The minimum atomic E-state index is -3.72. The summed E-state index contributed by atoms with van der Waals surface area (Å²) in [7, 11) is -2.30. The van der Waals surface area contributed by atoms with Gasteiger partial charge in [0.2, 0.25) is 10.0 Å². The molecule has 4 nitrogen and oxygen atoms in total. The molecule has 1 saturated carbocycles. The fourth-order valence-corrected chi connectivity index (χ4v) is 3.75. The van der Waals surface area contributed by atoms with Crippen LogP contribution in [0, 0.1) is 12.3 Å². The van der Waals surface area contributed by atoms with Gasteiger partial charge in [-0.25, -0.2) is 8.42 Å². The van der Waals surface area contributed by atoms with Crippen LogP contribution in [0.15, 0.2) is 17.0 Å². The third-order valence-corrected chi connectivity index (χ3v) is 5.88. The third kappa shape index (κ3) is 3.91. The average Bonchev–Trinajstić information content (AvgIpc) is 3.21. The molecule has 1 aliphatic rings. The summed E-state index contributed by atoms with van der Waals surface area (Å²) in [5.41, 5.74) is 0.709. The lowest BCUT2D eigenvalue weighted by molar-refractivity contribution is 0.503. The van der Waals surface area contributed by atoms with Gasteiger partial charge in [-0.1, -0.05) is 29.1 Å². The molecule has 1 fully saturated rings. The van der Waals surface area contributed by atoms with Crippen molar-refractivity contribution in [3.8, 4) is 12.3 Å². The van der Waals surface area contributed by atoms with Crippen molar-refractivity contribution in [1.29, 1.82) is 0 Å². The molecular formula is C14H16Cl2N2O2S. The molecule has 1 N–H and O–H groups in total. The summed E-state index contributed by atoms with van der Waals surface area (Å²) < 4.78 is 26.0. The second-order valence-corrected chi connectivity index (χ2v) is 7.82. The van der Waals surface area contributed by atoms with Crippen LogP contribution in [0.3, 0.4) is 0 Å². The molecule has 0 atom stereocenters. The van der Waals surface area contributed by atoms with E-state index in [1.54, 1.807) is 0 Å². The van der Waals surface area contributed by atoms with Crippen molar-refractivity contribution in [2.45, 2.75) is 30.3 Å². The number of benzene rings is 1. The zero-order valence-electron chi connectivity index (χ0n) is 11.6. The topological polar surface area (TPSA) is 49.4 Å². The number of nitrogens with one attached hydrogen (secondary N) is 1. The molecule has 0 spiro atoms. The molecule has 0 aromatic heterocycles. The maximum Gasteiger partial charge on any atom is 0.245 e. The molecule has 0 aliphatic heterocycles. The van der Waals surface area contributed by atoms with E-state index in [2.05, 4.69) is 11.2 Å². The van der Waals surface area contributed by atoms with E-state index in [1.165, 1.54) is 19.2 Å². The first-order chi connectivity index (χ1) is 9.86. The van der Waals surface area contributed by atoms with Crippen LogP contribution in [0.5, 0.6) is 0 Å². The molecule has 2 rings (SSSR count). The highest BCUT2D eigenvalue weighted by Gasteiger charge is 2.25. The Hall–Kier alpha value is -0.770. The van der Waals surface area contributed by atoms with E-state index in [1.807, 2.05) is 0 Å². The average molecular weight is 347 g/mol. The van der Waals surface area contributed by atoms with E-state index >= 15 is 0 Å². The first-order valence-electron chi connectivity index (χ1n) is 6.47. The highest BCUT2D eigenvalue weighted by atomic mass is 35.5. The molecule has 7 heteroatoms. The summed E-state index contributed by atoms with van der Waals surface area (Å²) in [6.07, 6.45) is 7.44. The number of halogens is 2. The van der Waals surface area contributed by atoms with E-state index in [9.17, 15) is 8.42 Å². The van der Waals surface area contributed by atoms with E-state index in [4.69, 9.17) is 29.6 Å². The number of sulfonamides is 1. The van der Waals surface area contributed by atoms with Gasteiger partial charge in [-0.3, -0.25) is 0 Å². The zero-order valence-corrected chi connectivity index (χ0v) is 13.9. The van der Waals surface area contributed by atoms with Gasteiger partial charge in [0, 0.05) is 24.7 Å². The summed E-state index contributed by atoms with van der Waals surface area (Å²) >= 11 is 12.2. The lowest BCUT2D eigenvalue weighted by Crippen LogP contribution is -2.27. The van der Waals surface area contributed by atoms with Crippen LogP contribution in [-0.2, 0) is 16.6 Å². The Labute approximate surface area is 135 Å². The van der Waals surface area contributed by atoms with Crippen LogP contribution in [-0.4, -0.2) is 32.4 Å². The van der Waals surface area contributed by atoms with Crippen molar-refractivity contribution >= 4 is 33.2 Å². The fourth-order valence-electron chi connectivity index (χ4n) is 1.83. The Morgan fingerprint density at radius 2 is 2.05 bits per heavy atom. The Kier molecular flexibility index (Phi) is 5.18. The molecule has 0 saturated heterocycles. The second-order valence-electron chi connectivity index (χ2n) is 4.99. The highest BCUT2D eigenvalue weighted by Crippen LogP contribution is 2.31. The minimum Gasteiger partial charge on any atom is -0.310 e. The maximum absolute atomic E-state index is 12.4. The molecule has 1 aromatic rings. The van der Waals surface area contributed by atoms with Crippen LogP contribution in [0.2, 0.25) is 10.0 Å². The quantitative estimate of drug-likeness (QED) is 0.805. The minimum absolute atomic E-state index is 0.0169. The maximum atomic E-state index is 12.4. The molecule has 21 heavy (non-hydrogen) atoms. The number of hydrogen-bond donors (Lipinski definition) is 1. The smallest absolute Gasteiger partial charge is 0.245 e. The molecule has 0 radical (unpaired) electrons. The summed E-state index contributed by atoms with van der Waals surface area (Å²) in [5.74, 6) is 2.30. The number of rotatable bonds is 6. The lowest BCUT2D eigenvalue weighted by atomic mass is 10.2. The molecule has 1 aromatic carbocycles. The Bertz CT molecular complexity index is 679. The van der Waals surface area contributed by atoms with Gasteiger partial charge in [-0.2, -0.15) is 4.31 Å². The van der Waals surface area contributed by atoms with Crippen LogP contribution in [0.1, 0.15) is 18.4 Å². The van der Waals surface area contributed by atoms with E-state index in [0.29, 0.717) is 23.2 Å². The van der Waals surface area contributed by atoms with E-state index < -0.39 is 10.0 Å². The predicted octanol–water partition coefficient (Wildman–Crippen LogP) is 2.50. The van der Waals surface area contributed by atoms with Gasteiger partial charge in [-0.15, -0.1) is 6.42 Å². The first kappa shape index (κ1) is 16.6. The van der Waals surface area contributed by atoms with Crippen LogP contribution < -0.4 is 5.32 Å². The zero-order chi connectivity index (χ0) is 15.6. The molecule has 0 heterocycles. The van der Waals surface area contributed by atoms with Gasteiger partial charge in [-0.05, 0) is 30.5 Å². The third-order valence-electron chi connectivity index (χ3n) is 3.26. The van der Waals surface area contributed by atoms with Crippen molar-refractivity contribution < 1.29 is 8.42 Å². The largest absolute Gasteiger partial charge is 0.310 e. The normalized spacial score (nSPS) is 15.2. The Balaban J connectivity index is 2.33. The molecular weight excluding hydrogens is 331 g/mol. The first-order valence-corrected chi connectivity index (χ1v) is 8.67. The molecule has 0 unspecified atom stereocenters. The van der Waals surface area contributed by atoms with Crippen LogP contribution >= 0.6 is 23.2 Å². The van der Waals surface area contributed by atoms with Crippen molar-refractivity contribution in [1.82, 2.24) is 9.62 Å². The van der Waals surface area contributed by atoms with Crippen LogP contribution in [0.25, 0.3) is 0 Å². The van der Waals surface area contributed by atoms with E-state index in [-0.39, 0.29) is 16.5 Å². The number of nitrogens with zero attached hydrogens (tertiary/aromatic N) is 1. The molecule has 0 amide bonds. The monoisotopic (exact) mass is 346 g/mol. The standard InChI is InChI=1S/C14H16Cl2N2O2S/c1-3-6-18(2)21(19,20)14-7-10(9-17-11-4-5-11)12(15)8-13(14)16/h1,7-8,11,17H,4-6,9H2,2H3. The van der Waals surface area contributed by atoms with Crippen molar-refractivity contribution in [3.63, 3.8) is 0 Å². The predicted molar refractivity (Wildman–Crippen MR) is 85.0 cm³/mol. The number of terminal acetylenes is 1. The van der Waals surface area contributed by atoms with E-state index in [0.717, 1.165) is 17.1 Å². The molecule has 114 valence electrons. The summed E-state index contributed by atoms with van der Waals surface area (Å²) in [5, 5.41) is 3.84. The fraction of sp³-hybridized carbons (Fsp3) is 0.429. The van der Waals surface area contributed by atoms with Gasteiger partial charge in [0.15, 0.2) is 0 Å². The van der Waals surface area contributed by atoms with Gasteiger partial charge >= 0.3 is 0 Å². The Morgan fingerprint density at radius 1 is 1.38 bits per heavy atom. The van der Waals surface area contributed by atoms with Gasteiger partial charge < -0.3 is 5.32 Å². The SMILES string of the molecule is C#CCN(C)S(=O)(=O)c1cc(CNC2CC2)c(Cl)cc1Cl. The lowest BCUT2D eigenvalue weighted by Gasteiger charge is -2.17. The second kappa shape index (κ2) is 6.55. The van der Waals surface area contributed by atoms with Gasteiger partial charge in [0.1, 0.15) is 4.90 Å². The summed E-state index contributed by atoms with van der Waals surface area (Å²) in [4.78, 5) is 0.0268. The van der Waals surface area contributed by atoms with Crippen molar-refractivity contribution in [3.05, 3.63) is 27.7 Å². The molecule has 1 aliphatic carbocycles. The van der Waals surface area contributed by atoms with Crippen molar-refractivity contribution in [2.24, 2.45) is 0 Å². The van der Waals surface area contributed by atoms with Crippen LogP contribution in [0.4, 0.5) is 0 Å².